The third-order valence-electron chi connectivity index (χ3n) is 5.24. The van der Waals surface area contributed by atoms with E-state index in [1.54, 1.807) is 38.5 Å². The Kier molecular flexibility index (Phi) is 7.70. The number of carbonyl (C=O) groups excluding carboxylic acids is 2. The Bertz CT molecular complexity index is 685. The lowest BCUT2D eigenvalue weighted by atomic mass is 9.78. The van der Waals surface area contributed by atoms with Crippen LogP contribution >= 0.6 is 0 Å². The van der Waals surface area contributed by atoms with Gasteiger partial charge in [-0.15, -0.1) is 0 Å². The summed E-state index contributed by atoms with van der Waals surface area (Å²) in [6, 6.07) is 5.43. The van der Waals surface area contributed by atoms with E-state index in [1.165, 1.54) is 12.5 Å². The van der Waals surface area contributed by atoms with Crippen LogP contribution in [-0.4, -0.2) is 38.7 Å². The van der Waals surface area contributed by atoms with Crippen molar-refractivity contribution in [2.24, 2.45) is 11.8 Å². The minimum Gasteiger partial charge on any atom is -0.497 e. The standard InChI is InChI=1S/C21H29NO5/c1-14-6-5-7-18(15(14)2)22-20(23)13-27-21(24)11-9-16-8-10-17(25-3)12-19(16)26-4/h8-12,14-15,18H,5-7,13H2,1-4H3,(H,22,23)/b11-9+/t14-,15-,18+/m1/s1. The van der Waals surface area contributed by atoms with Gasteiger partial charge in [0.2, 0.25) is 0 Å². The lowest BCUT2D eigenvalue weighted by molar-refractivity contribution is -0.144. The molecule has 1 saturated carbocycles. The smallest absolute Gasteiger partial charge is 0.331 e. The first-order chi connectivity index (χ1) is 12.9. The van der Waals surface area contributed by atoms with Gasteiger partial charge in [0.1, 0.15) is 11.5 Å². The molecule has 1 fully saturated rings. The Morgan fingerprint density at radius 3 is 2.67 bits per heavy atom. The number of hydrogen-bond donors (Lipinski definition) is 1. The van der Waals surface area contributed by atoms with Crippen LogP contribution in [0.4, 0.5) is 0 Å². The Labute approximate surface area is 160 Å². The van der Waals surface area contributed by atoms with E-state index in [2.05, 4.69) is 19.2 Å². The first-order valence-corrected chi connectivity index (χ1v) is 9.30. The molecule has 0 unspecified atom stereocenters. The molecule has 0 bridgehead atoms. The van der Waals surface area contributed by atoms with Crippen LogP contribution in [0.3, 0.4) is 0 Å². The Morgan fingerprint density at radius 2 is 1.96 bits per heavy atom. The predicted molar refractivity (Wildman–Crippen MR) is 104 cm³/mol. The molecule has 0 radical (unpaired) electrons. The normalized spacial score (nSPS) is 22.3. The Morgan fingerprint density at radius 1 is 1.19 bits per heavy atom. The number of benzene rings is 1. The van der Waals surface area contributed by atoms with Crippen LogP contribution in [0.25, 0.3) is 6.08 Å². The van der Waals surface area contributed by atoms with Gasteiger partial charge < -0.3 is 19.5 Å². The summed E-state index contributed by atoms with van der Waals surface area (Å²) in [5.74, 6) is 1.43. The summed E-state index contributed by atoms with van der Waals surface area (Å²) in [7, 11) is 3.11. The van der Waals surface area contributed by atoms with E-state index in [-0.39, 0.29) is 18.6 Å². The van der Waals surface area contributed by atoms with Crippen LogP contribution in [0.5, 0.6) is 11.5 Å². The lowest BCUT2D eigenvalue weighted by Gasteiger charge is -2.34. The van der Waals surface area contributed by atoms with E-state index in [1.807, 2.05) is 0 Å². The predicted octanol–water partition coefficient (Wildman–Crippen LogP) is 3.20. The molecule has 0 spiro atoms. The zero-order valence-corrected chi connectivity index (χ0v) is 16.5. The summed E-state index contributed by atoms with van der Waals surface area (Å²) in [6.45, 7) is 4.09. The quantitative estimate of drug-likeness (QED) is 0.585. The highest BCUT2D eigenvalue weighted by molar-refractivity contribution is 5.89. The molecule has 1 amide bonds. The SMILES string of the molecule is COc1ccc(/C=C/C(=O)OCC(=O)N[C@H]2CCC[C@@H](C)[C@H]2C)c(OC)c1. The number of methoxy groups -OCH3 is 2. The van der Waals surface area contributed by atoms with Gasteiger partial charge >= 0.3 is 5.97 Å². The fourth-order valence-electron chi connectivity index (χ4n) is 3.33. The Hall–Kier alpha value is -2.50. The molecular weight excluding hydrogens is 346 g/mol. The molecule has 6 heteroatoms. The van der Waals surface area contributed by atoms with Crippen molar-refractivity contribution in [3.8, 4) is 11.5 Å². The maximum Gasteiger partial charge on any atom is 0.331 e. The molecule has 1 N–H and O–H groups in total. The van der Waals surface area contributed by atoms with Gasteiger partial charge in [-0.1, -0.05) is 26.7 Å². The highest BCUT2D eigenvalue weighted by atomic mass is 16.5. The largest absolute Gasteiger partial charge is 0.497 e. The Balaban J connectivity index is 1.83. The zero-order valence-electron chi connectivity index (χ0n) is 16.5. The molecule has 0 heterocycles. The maximum absolute atomic E-state index is 12.1. The van der Waals surface area contributed by atoms with E-state index < -0.39 is 5.97 Å². The topological polar surface area (TPSA) is 73.9 Å². The first kappa shape index (κ1) is 20.8. The zero-order chi connectivity index (χ0) is 19.8. The third kappa shape index (κ3) is 6.01. The van der Waals surface area contributed by atoms with E-state index >= 15 is 0 Å². The van der Waals surface area contributed by atoms with Crippen molar-refractivity contribution in [2.45, 2.75) is 39.2 Å². The minimum atomic E-state index is -0.576. The first-order valence-electron chi connectivity index (χ1n) is 9.30. The number of amides is 1. The average molecular weight is 375 g/mol. The van der Waals surface area contributed by atoms with Crippen LogP contribution in [0.15, 0.2) is 24.3 Å². The molecule has 0 aromatic heterocycles. The van der Waals surface area contributed by atoms with Crippen LogP contribution in [0.2, 0.25) is 0 Å². The second-order valence-electron chi connectivity index (χ2n) is 6.99. The molecule has 0 aliphatic heterocycles. The number of nitrogens with one attached hydrogen (secondary N) is 1. The van der Waals surface area contributed by atoms with Crippen LogP contribution < -0.4 is 14.8 Å². The second kappa shape index (κ2) is 10.00. The van der Waals surface area contributed by atoms with Crippen LogP contribution in [-0.2, 0) is 14.3 Å². The van der Waals surface area contributed by atoms with Gasteiger partial charge in [0.25, 0.3) is 5.91 Å². The number of ether oxygens (including phenoxy) is 3. The summed E-state index contributed by atoms with van der Waals surface area (Å²) in [4.78, 5) is 24.0. The molecule has 0 saturated heterocycles. The van der Waals surface area contributed by atoms with E-state index in [0.29, 0.717) is 28.9 Å². The van der Waals surface area contributed by atoms with Crippen molar-refractivity contribution in [2.75, 3.05) is 20.8 Å². The monoisotopic (exact) mass is 375 g/mol. The second-order valence-corrected chi connectivity index (χ2v) is 6.99. The van der Waals surface area contributed by atoms with Crippen molar-refractivity contribution in [3.63, 3.8) is 0 Å². The number of esters is 1. The fraction of sp³-hybridized carbons (Fsp3) is 0.524. The van der Waals surface area contributed by atoms with E-state index in [4.69, 9.17) is 14.2 Å². The molecule has 6 nitrogen and oxygen atoms in total. The molecule has 27 heavy (non-hydrogen) atoms. The highest BCUT2D eigenvalue weighted by Crippen LogP contribution is 2.29. The van der Waals surface area contributed by atoms with Crippen molar-refractivity contribution in [1.82, 2.24) is 5.32 Å². The summed E-state index contributed by atoms with van der Waals surface area (Å²) in [5, 5.41) is 2.98. The van der Waals surface area contributed by atoms with E-state index in [0.717, 1.165) is 12.8 Å². The number of rotatable bonds is 7. The maximum atomic E-state index is 12.1. The van der Waals surface area contributed by atoms with Crippen LogP contribution in [0, 0.1) is 11.8 Å². The summed E-state index contributed by atoms with van der Waals surface area (Å²) in [5.41, 5.74) is 0.713. The molecule has 1 aliphatic carbocycles. The van der Waals surface area contributed by atoms with Gasteiger partial charge in [0.15, 0.2) is 6.61 Å². The van der Waals surface area contributed by atoms with Gasteiger partial charge in [-0.25, -0.2) is 4.79 Å². The van der Waals surface area contributed by atoms with Gasteiger partial charge in [0.05, 0.1) is 14.2 Å². The van der Waals surface area contributed by atoms with Gasteiger partial charge in [0, 0.05) is 23.7 Å². The van der Waals surface area contributed by atoms with Gasteiger partial charge in [-0.05, 0) is 36.5 Å². The van der Waals surface area contributed by atoms with Gasteiger partial charge in [-0.3, -0.25) is 4.79 Å². The molecule has 1 aromatic rings. The number of carbonyl (C=O) groups is 2. The molecule has 1 aliphatic rings. The minimum absolute atomic E-state index is 0.152. The molecule has 1 aromatic carbocycles. The number of hydrogen-bond acceptors (Lipinski definition) is 5. The lowest BCUT2D eigenvalue weighted by Crippen LogP contribution is -2.45. The van der Waals surface area contributed by atoms with Crippen molar-refractivity contribution in [3.05, 3.63) is 29.8 Å². The highest BCUT2D eigenvalue weighted by Gasteiger charge is 2.28. The average Bonchev–Trinajstić information content (AvgIpc) is 2.68. The van der Waals surface area contributed by atoms with Crippen LogP contribution in [0.1, 0.15) is 38.7 Å². The fourth-order valence-corrected chi connectivity index (χ4v) is 3.33. The van der Waals surface area contributed by atoms with Gasteiger partial charge in [-0.2, -0.15) is 0 Å². The van der Waals surface area contributed by atoms with E-state index in [9.17, 15) is 9.59 Å². The summed E-state index contributed by atoms with van der Waals surface area (Å²) >= 11 is 0. The third-order valence-corrected chi connectivity index (χ3v) is 5.24. The van der Waals surface area contributed by atoms with Crippen molar-refractivity contribution >= 4 is 18.0 Å². The molecule has 2 rings (SSSR count). The molecule has 148 valence electrons. The van der Waals surface area contributed by atoms with Crippen molar-refractivity contribution < 1.29 is 23.8 Å². The molecule has 3 atom stereocenters. The summed E-state index contributed by atoms with van der Waals surface area (Å²) < 4.78 is 15.5. The summed E-state index contributed by atoms with van der Waals surface area (Å²) in [6.07, 6.45) is 6.15. The molecular formula is C21H29NO5. The van der Waals surface area contributed by atoms with Crippen molar-refractivity contribution in [1.29, 1.82) is 0 Å².